The zero-order valence-electron chi connectivity index (χ0n) is 14.1. The van der Waals surface area contributed by atoms with Crippen LogP contribution in [0.5, 0.6) is 0 Å². The molecule has 1 amide bonds. The summed E-state index contributed by atoms with van der Waals surface area (Å²) in [6.45, 7) is 0. The summed E-state index contributed by atoms with van der Waals surface area (Å²) in [5.74, 6) is -0.871. The Kier molecular flexibility index (Phi) is 7.39. The van der Waals surface area contributed by atoms with Gasteiger partial charge in [0, 0.05) is 17.1 Å². The highest BCUT2D eigenvalue weighted by atomic mass is 127. The van der Waals surface area contributed by atoms with Crippen molar-refractivity contribution >= 4 is 34.5 Å². The molecule has 0 unspecified atom stereocenters. The number of ether oxygens (including phenoxy) is 2. The Labute approximate surface area is 160 Å². The fourth-order valence-corrected chi connectivity index (χ4v) is 3.11. The molecule has 2 rings (SSSR count). The number of esters is 1. The third kappa shape index (κ3) is 5.54. The predicted molar refractivity (Wildman–Crippen MR) is 103 cm³/mol. The average Bonchev–Trinajstić information content (AvgIpc) is 2.62. The minimum Gasteiger partial charge on any atom is -0.467 e. The summed E-state index contributed by atoms with van der Waals surface area (Å²) in [5.41, 5.74) is 1.66. The molecule has 0 fully saturated rings. The lowest BCUT2D eigenvalue weighted by Crippen LogP contribution is -2.45. The van der Waals surface area contributed by atoms with E-state index in [1.54, 1.807) is 12.1 Å². The van der Waals surface area contributed by atoms with Gasteiger partial charge in [-0.2, -0.15) is 0 Å². The van der Waals surface area contributed by atoms with Crippen molar-refractivity contribution in [3.8, 4) is 0 Å². The number of carbonyl (C=O) groups is 2. The number of methoxy groups -OCH3 is 2. The maximum absolute atomic E-state index is 12.6. The van der Waals surface area contributed by atoms with Gasteiger partial charge < -0.3 is 14.8 Å². The summed E-state index contributed by atoms with van der Waals surface area (Å²) in [5, 5.41) is 2.74. The normalized spacial score (nSPS) is 12.9. The Morgan fingerprint density at radius 3 is 2.40 bits per heavy atom. The number of amides is 1. The highest BCUT2D eigenvalue weighted by Crippen LogP contribution is 2.17. The smallest absolute Gasteiger partial charge is 0.328 e. The van der Waals surface area contributed by atoms with Gasteiger partial charge in [-0.05, 0) is 45.9 Å². The summed E-state index contributed by atoms with van der Waals surface area (Å²) in [7, 11) is 2.77. The van der Waals surface area contributed by atoms with E-state index in [0.717, 1.165) is 14.7 Å². The van der Waals surface area contributed by atoms with Gasteiger partial charge in [-0.3, -0.25) is 4.79 Å². The highest BCUT2D eigenvalue weighted by Gasteiger charge is 2.27. The molecule has 0 aliphatic carbocycles. The summed E-state index contributed by atoms with van der Waals surface area (Å²) in [6.07, 6.45) is -0.440. The fraction of sp³-hybridized carbons (Fsp3) is 0.263. The number of halogens is 1. The largest absolute Gasteiger partial charge is 0.467 e. The van der Waals surface area contributed by atoms with E-state index in [-0.39, 0.29) is 5.91 Å². The van der Waals surface area contributed by atoms with E-state index in [2.05, 4.69) is 27.9 Å². The molecule has 0 aliphatic rings. The molecule has 0 aliphatic heterocycles. The lowest BCUT2D eigenvalue weighted by atomic mass is 10.0. The van der Waals surface area contributed by atoms with Crippen molar-refractivity contribution in [1.29, 1.82) is 0 Å². The van der Waals surface area contributed by atoms with Gasteiger partial charge in [0.05, 0.1) is 7.11 Å². The van der Waals surface area contributed by atoms with Gasteiger partial charge >= 0.3 is 5.97 Å². The predicted octanol–water partition coefficient (Wildman–Crippen LogP) is 2.88. The molecule has 2 aromatic rings. The van der Waals surface area contributed by atoms with E-state index in [1.807, 2.05) is 42.5 Å². The molecule has 1 N–H and O–H groups in total. The third-order valence-corrected chi connectivity index (χ3v) is 4.38. The topological polar surface area (TPSA) is 64.6 Å². The van der Waals surface area contributed by atoms with Gasteiger partial charge in [-0.15, -0.1) is 0 Å². The molecule has 0 bridgehead atoms. The van der Waals surface area contributed by atoms with Crippen LogP contribution in [0, 0.1) is 3.57 Å². The molecule has 2 aromatic carbocycles. The Bertz CT molecular complexity index is 720. The lowest BCUT2D eigenvalue weighted by molar-refractivity contribution is -0.146. The van der Waals surface area contributed by atoms with E-state index in [0.29, 0.717) is 6.42 Å². The molecular formula is C19H20INO4. The average molecular weight is 453 g/mol. The first-order valence-electron chi connectivity index (χ1n) is 7.75. The first-order chi connectivity index (χ1) is 12.0. The Morgan fingerprint density at radius 1 is 1.08 bits per heavy atom. The van der Waals surface area contributed by atoms with Crippen molar-refractivity contribution in [3.63, 3.8) is 0 Å². The van der Waals surface area contributed by atoms with Crippen molar-refractivity contribution in [2.75, 3.05) is 14.2 Å². The number of hydrogen-bond acceptors (Lipinski definition) is 4. The molecule has 0 radical (unpaired) electrons. The maximum atomic E-state index is 12.6. The molecule has 0 heterocycles. The van der Waals surface area contributed by atoms with Crippen LogP contribution >= 0.6 is 22.6 Å². The van der Waals surface area contributed by atoms with E-state index < -0.39 is 18.1 Å². The second-order valence-corrected chi connectivity index (χ2v) is 6.69. The van der Waals surface area contributed by atoms with Crippen molar-refractivity contribution < 1.29 is 19.1 Å². The zero-order valence-corrected chi connectivity index (χ0v) is 16.2. The second kappa shape index (κ2) is 9.53. The molecule has 5 nitrogen and oxygen atoms in total. The van der Waals surface area contributed by atoms with Crippen LogP contribution in [-0.2, 0) is 25.5 Å². The number of benzene rings is 2. The monoisotopic (exact) mass is 453 g/mol. The van der Waals surface area contributed by atoms with Crippen LogP contribution < -0.4 is 5.32 Å². The first-order valence-corrected chi connectivity index (χ1v) is 8.83. The molecular weight excluding hydrogens is 433 g/mol. The molecule has 6 heteroatoms. The molecule has 0 saturated carbocycles. The maximum Gasteiger partial charge on any atom is 0.328 e. The van der Waals surface area contributed by atoms with Crippen LogP contribution in [0.1, 0.15) is 17.2 Å². The standard InChI is InChI=1S/C19H20INO4/c1-24-17(14-8-4-3-5-9-14)18(22)21-16(19(23)25-2)12-13-7-6-10-15(20)11-13/h3-11,16-17H,12H2,1-2H3,(H,21,22)/t16-,17-/m0/s1. The number of carbonyl (C=O) groups excluding carboxylic acids is 2. The van der Waals surface area contributed by atoms with Crippen molar-refractivity contribution in [1.82, 2.24) is 5.32 Å². The highest BCUT2D eigenvalue weighted by molar-refractivity contribution is 14.1. The van der Waals surface area contributed by atoms with E-state index in [9.17, 15) is 9.59 Å². The quantitative estimate of drug-likeness (QED) is 0.518. The van der Waals surface area contributed by atoms with Crippen molar-refractivity contribution in [3.05, 3.63) is 69.3 Å². The summed E-state index contributed by atoms with van der Waals surface area (Å²) in [4.78, 5) is 24.7. The molecule has 0 aromatic heterocycles. The Balaban J connectivity index is 2.15. The second-order valence-electron chi connectivity index (χ2n) is 5.44. The van der Waals surface area contributed by atoms with Gasteiger partial charge in [0.1, 0.15) is 6.04 Å². The van der Waals surface area contributed by atoms with Crippen molar-refractivity contribution in [2.45, 2.75) is 18.6 Å². The molecule has 0 spiro atoms. The Hall–Kier alpha value is -1.93. The van der Waals surface area contributed by atoms with E-state index in [4.69, 9.17) is 9.47 Å². The van der Waals surface area contributed by atoms with Crippen LogP contribution in [0.2, 0.25) is 0 Å². The van der Waals surface area contributed by atoms with Gasteiger partial charge in [-0.1, -0.05) is 42.5 Å². The van der Waals surface area contributed by atoms with Gasteiger partial charge in [-0.25, -0.2) is 4.79 Å². The molecule has 132 valence electrons. The van der Waals surface area contributed by atoms with Crippen LogP contribution in [0.3, 0.4) is 0 Å². The minimum atomic E-state index is -0.788. The number of nitrogens with one attached hydrogen (secondary N) is 1. The number of hydrogen-bond donors (Lipinski definition) is 1. The minimum absolute atomic E-state index is 0.348. The summed E-state index contributed by atoms with van der Waals surface area (Å²) in [6, 6.07) is 16.1. The van der Waals surface area contributed by atoms with Crippen LogP contribution in [0.4, 0.5) is 0 Å². The lowest BCUT2D eigenvalue weighted by Gasteiger charge is -2.21. The van der Waals surface area contributed by atoms with Gasteiger partial charge in [0.15, 0.2) is 6.10 Å². The first kappa shape index (κ1) is 19.4. The third-order valence-electron chi connectivity index (χ3n) is 3.71. The van der Waals surface area contributed by atoms with Crippen LogP contribution in [0.15, 0.2) is 54.6 Å². The van der Waals surface area contributed by atoms with Gasteiger partial charge in [0.2, 0.25) is 0 Å². The summed E-state index contributed by atoms with van der Waals surface area (Å²) < 4.78 is 11.2. The SMILES string of the molecule is COC(=O)[C@H](Cc1cccc(I)c1)NC(=O)[C@@H](OC)c1ccccc1. The zero-order chi connectivity index (χ0) is 18.2. The fourth-order valence-electron chi connectivity index (χ4n) is 2.50. The molecule has 0 saturated heterocycles. The van der Waals surface area contributed by atoms with Crippen LogP contribution in [-0.4, -0.2) is 32.1 Å². The van der Waals surface area contributed by atoms with Crippen molar-refractivity contribution in [2.24, 2.45) is 0 Å². The van der Waals surface area contributed by atoms with E-state index in [1.165, 1.54) is 14.2 Å². The Morgan fingerprint density at radius 2 is 1.80 bits per heavy atom. The van der Waals surface area contributed by atoms with E-state index >= 15 is 0 Å². The molecule has 2 atom stereocenters. The molecule has 25 heavy (non-hydrogen) atoms. The van der Waals surface area contributed by atoms with Gasteiger partial charge in [0.25, 0.3) is 5.91 Å². The number of rotatable bonds is 7. The van der Waals surface area contributed by atoms with Crippen LogP contribution in [0.25, 0.3) is 0 Å². The summed E-state index contributed by atoms with van der Waals surface area (Å²) >= 11 is 2.21.